The molecular weight excluding hydrogens is 559 g/mol. The van der Waals surface area contributed by atoms with E-state index in [1.54, 1.807) is 38.1 Å². The molecule has 0 aliphatic heterocycles. The summed E-state index contributed by atoms with van der Waals surface area (Å²) in [6.07, 6.45) is 2.65. The van der Waals surface area contributed by atoms with Gasteiger partial charge in [-0.2, -0.15) is 0 Å². The number of anilines is 2. The topological polar surface area (TPSA) is 119 Å². The molecule has 0 aliphatic carbocycles. The fourth-order valence-electron chi connectivity index (χ4n) is 2.07. The fourth-order valence-corrected chi connectivity index (χ4v) is 2.07. The van der Waals surface area contributed by atoms with Crippen molar-refractivity contribution in [2.24, 2.45) is 0 Å². The molecule has 0 aromatic heterocycles. The summed E-state index contributed by atoms with van der Waals surface area (Å²) < 4.78 is 9.81. The first-order valence-corrected chi connectivity index (χ1v) is 8.74. The molecule has 1 rings (SSSR count). The van der Waals surface area contributed by atoms with Gasteiger partial charge in [0.2, 0.25) is 0 Å². The van der Waals surface area contributed by atoms with E-state index < -0.39 is 11.9 Å². The first-order valence-electron chi connectivity index (χ1n) is 8.74. The SMILES string of the molecule is CCOC(=O)C(=CNc1ccccc1NC=C(C(=O)OCC)C(C)=[OH+])C(C)=[OH+].[Pt+4]. The molecule has 1 aromatic carbocycles. The molecule has 1 aromatic rings. The molecule has 0 aliphatic rings. The minimum atomic E-state index is -0.657. The van der Waals surface area contributed by atoms with Crippen LogP contribution in [0, 0.1) is 0 Å². The smallest absolute Gasteiger partial charge is 0.462 e. The number of rotatable bonds is 10. The largest absolute Gasteiger partial charge is 4.00 e. The summed E-state index contributed by atoms with van der Waals surface area (Å²) in [7, 11) is 0. The van der Waals surface area contributed by atoms with Crippen LogP contribution in [-0.2, 0) is 40.1 Å². The molecule has 4 N–H and O–H groups in total. The second-order valence-corrected chi connectivity index (χ2v) is 5.56. The van der Waals surface area contributed by atoms with E-state index in [9.17, 15) is 19.2 Å². The van der Waals surface area contributed by atoms with Crippen molar-refractivity contribution in [3.05, 3.63) is 47.8 Å². The van der Waals surface area contributed by atoms with Crippen molar-refractivity contribution in [3.8, 4) is 0 Å². The third-order valence-corrected chi connectivity index (χ3v) is 3.44. The summed E-state index contributed by atoms with van der Waals surface area (Å²) in [5, 5.41) is 5.84. The predicted octanol–water partition coefficient (Wildman–Crippen LogP) is 2.53. The molecule has 0 unspecified atom stereocenters. The Morgan fingerprint density at radius 2 is 1.21 bits per heavy atom. The van der Waals surface area contributed by atoms with Crippen LogP contribution in [0.4, 0.5) is 11.4 Å². The Morgan fingerprint density at radius 3 is 1.48 bits per heavy atom. The quantitative estimate of drug-likeness (QED) is 0.143. The monoisotopic (exact) mass is 585 g/mol. The average Bonchev–Trinajstić information content (AvgIpc) is 2.63. The molecule has 0 amide bonds. The van der Waals surface area contributed by atoms with E-state index in [1.807, 2.05) is 0 Å². The van der Waals surface area contributed by atoms with E-state index in [0.717, 1.165) is 0 Å². The van der Waals surface area contributed by atoms with E-state index in [-0.39, 0.29) is 57.0 Å². The fraction of sp³-hybridized carbons (Fsp3) is 0.300. The molecule has 0 fully saturated rings. The number of benzene rings is 1. The first kappa shape index (κ1) is 26.3. The Labute approximate surface area is 184 Å². The molecule has 0 atom stereocenters. The van der Waals surface area contributed by atoms with Gasteiger partial charge in [0.15, 0.2) is 11.1 Å². The van der Waals surface area contributed by atoms with Crippen molar-refractivity contribution in [2.45, 2.75) is 27.7 Å². The van der Waals surface area contributed by atoms with Crippen LogP contribution in [-0.4, -0.2) is 46.3 Å². The van der Waals surface area contributed by atoms with Crippen LogP contribution < -0.4 is 10.6 Å². The van der Waals surface area contributed by atoms with E-state index >= 15 is 0 Å². The van der Waals surface area contributed by atoms with Crippen LogP contribution in [0.3, 0.4) is 0 Å². The molecule has 0 saturated heterocycles. The summed E-state index contributed by atoms with van der Waals surface area (Å²) in [4.78, 5) is 43.2. The number of nitrogens with one attached hydrogen (secondary N) is 2. The van der Waals surface area contributed by atoms with Crippen molar-refractivity contribution in [1.82, 2.24) is 0 Å². The zero-order chi connectivity index (χ0) is 21.1. The Balaban J connectivity index is 0.00000784. The maximum absolute atomic E-state index is 11.9. The number of hydrogen-bond acceptors (Lipinski definition) is 6. The molecule has 8 nitrogen and oxygen atoms in total. The summed E-state index contributed by atoms with van der Waals surface area (Å²) in [5.41, 5.74) is 1.08. The van der Waals surface area contributed by atoms with Gasteiger partial charge in [0.1, 0.15) is 0 Å². The number of esters is 2. The molecular formula is C20H26N2O6Pt+6. The van der Waals surface area contributed by atoms with E-state index in [4.69, 9.17) is 9.47 Å². The molecule has 9 heteroatoms. The number of carbonyl (C=O) groups excluding carboxylic acids is 4. The average molecular weight is 586 g/mol. The van der Waals surface area contributed by atoms with Gasteiger partial charge in [0, 0.05) is 12.4 Å². The Hall–Kier alpha value is -2.73. The molecule has 0 heterocycles. The van der Waals surface area contributed by atoms with Gasteiger partial charge in [-0.25, -0.2) is 9.59 Å². The van der Waals surface area contributed by atoms with Gasteiger partial charge in [-0.15, -0.1) is 0 Å². The maximum Gasteiger partial charge on any atom is 4.00 e. The van der Waals surface area contributed by atoms with Crippen molar-refractivity contribution in [2.75, 3.05) is 23.8 Å². The molecule has 0 radical (unpaired) electrons. The number of hydrogen-bond donors (Lipinski definition) is 2. The van der Waals surface area contributed by atoms with E-state index in [0.29, 0.717) is 11.4 Å². The zero-order valence-corrected chi connectivity index (χ0v) is 19.0. The van der Waals surface area contributed by atoms with Crippen molar-refractivity contribution in [1.29, 1.82) is 0 Å². The van der Waals surface area contributed by atoms with Gasteiger partial charge in [-0.3, -0.25) is 9.59 Å². The van der Waals surface area contributed by atoms with Crippen LogP contribution in [0.1, 0.15) is 27.7 Å². The Kier molecular flexibility index (Phi) is 12.2. The molecule has 156 valence electrons. The van der Waals surface area contributed by atoms with Crippen LogP contribution in [0.15, 0.2) is 47.8 Å². The minimum Gasteiger partial charge on any atom is -0.462 e. The summed E-state index contributed by atoms with van der Waals surface area (Å²) in [6, 6.07) is 6.98. The Morgan fingerprint density at radius 1 is 0.862 bits per heavy atom. The number of ether oxygens (including phenoxy) is 2. The van der Waals surface area contributed by atoms with Crippen molar-refractivity contribution < 1.29 is 49.7 Å². The van der Waals surface area contributed by atoms with Crippen molar-refractivity contribution in [3.63, 3.8) is 0 Å². The number of ketones is 2. The van der Waals surface area contributed by atoms with Gasteiger partial charge in [0.05, 0.1) is 38.4 Å². The second kappa shape index (κ2) is 13.4. The van der Waals surface area contributed by atoms with Gasteiger partial charge in [-0.1, -0.05) is 12.1 Å². The summed E-state index contributed by atoms with van der Waals surface area (Å²) in [6.45, 7) is 6.46. The predicted molar refractivity (Wildman–Crippen MR) is 108 cm³/mol. The maximum atomic E-state index is 11.9. The van der Waals surface area contributed by atoms with Crippen LogP contribution in [0.25, 0.3) is 0 Å². The Bertz CT molecular complexity index is 750. The standard InChI is InChI=1S/C20H24N2O6.Pt/c1-5-27-19(25)15(13(3)23)11-21-17-9-7-8-10-18(17)22-12-16(14(4)24)20(26)28-6-2;/h7-12,21-22H,5-6H2,1-4H3;/q;+4/p+2. The number of carbonyl (C=O) groups is 2. The van der Waals surface area contributed by atoms with Crippen molar-refractivity contribution >= 4 is 34.9 Å². The summed E-state index contributed by atoms with van der Waals surface area (Å²) >= 11 is 0. The van der Waals surface area contributed by atoms with Gasteiger partial charge >= 0.3 is 44.6 Å². The normalized spacial score (nSPS) is 11.0. The third-order valence-electron chi connectivity index (χ3n) is 3.44. The molecule has 0 saturated carbocycles. The van der Waals surface area contributed by atoms with Gasteiger partial charge in [-0.05, 0) is 26.0 Å². The summed E-state index contributed by atoms with van der Waals surface area (Å²) in [5.74, 6) is -1.69. The van der Waals surface area contributed by atoms with Crippen LogP contribution in [0.5, 0.6) is 0 Å². The van der Waals surface area contributed by atoms with Crippen LogP contribution >= 0.6 is 0 Å². The first-order chi connectivity index (χ1) is 13.3. The van der Waals surface area contributed by atoms with E-state index in [1.165, 1.54) is 26.2 Å². The number of para-hydroxylation sites is 2. The zero-order valence-electron chi connectivity index (χ0n) is 16.7. The van der Waals surface area contributed by atoms with Gasteiger partial charge < -0.3 is 20.1 Å². The second-order valence-electron chi connectivity index (χ2n) is 5.56. The molecule has 0 bridgehead atoms. The molecule has 0 spiro atoms. The van der Waals surface area contributed by atoms with E-state index in [2.05, 4.69) is 10.6 Å². The molecule has 29 heavy (non-hydrogen) atoms. The van der Waals surface area contributed by atoms with Crippen LogP contribution in [0.2, 0.25) is 0 Å². The minimum absolute atomic E-state index is 0. The van der Waals surface area contributed by atoms with Gasteiger partial charge in [0.25, 0.3) is 0 Å². The third kappa shape index (κ3) is 8.44.